The van der Waals surface area contributed by atoms with E-state index in [9.17, 15) is 19.6 Å². The largest absolute Gasteiger partial charge is 0.395 e. The molecule has 4 heterocycles. The van der Waals surface area contributed by atoms with Crippen molar-refractivity contribution >= 4 is 16.7 Å². The molecule has 8 nitrogen and oxygen atoms in total. The van der Waals surface area contributed by atoms with Crippen molar-refractivity contribution < 1.29 is 9.50 Å². The molecule has 0 spiro atoms. The minimum Gasteiger partial charge on any atom is -0.395 e. The highest BCUT2D eigenvalue weighted by atomic mass is 19.1. The van der Waals surface area contributed by atoms with Gasteiger partial charge >= 0.3 is 0 Å². The first-order chi connectivity index (χ1) is 18.3. The molecular formula is C29H29FN6O2. The number of hydrogen-bond acceptors (Lipinski definition) is 7. The van der Waals surface area contributed by atoms with Gasteiger partial charge in [-0.1, -0.05) is 18.2 Å². The average molecular weight is 513 g/mol. The average Bonchev–Trinajstić information content (AvgIpc) is 2.92. The Morgan fingerprint density at radius 2 is 2.00 bits per heavy atom. The molecule has 5 rings (SSSR count). The molecule has 1 aliphatic rings. The van der Waals surface area contributed by atoms with Crippen molar-refractivity contribution in [2.75, 3.05) is 24.6 Å². The number of aryl methyl sites for hydroxylation is 2. The third-order valence-electron chi connectivity index (χ3n) is 7.30. The lowest BCUT2D eigenvalue weighted by Crippen LogP contribution is -2.60. The van der Waals surface area contributed by atoms with Crippen LogP contribution in [-0.4, -0.2) is 56.3 Å². The van der Waals surface area contributed by atoms with Crippen LogP contribution in [0.25, 0.3) is 11.0 Å². The Balaban J connectivity index is 1.59. The smallest absolute Gasteiger partial charge is 0.252 e. The number of fused-ring (bicyclic) bond motifs is 1. The van der Waals surface area contributed by atoms with E-state index in [1.54, 1.807) is 37.5 Å². The molecule has 1 N–H and O–H groups in total. The second-order valence-electron chi connectivity index (χ2n) is 9.86. The Morgan fingerprint density at radius 1 is 1.18 bits per heavy atom. The Morgan fingerprint density at radius 3 is 2.68 bits per heavy atom. The molecule has 3 aromatic heterocycles. The van der Waals surface area contributed by atoms with Crippen LogP contribution in [0.1, 0.15) is 35.5 Å². The molecule has 194 valence electrons. The van der Waals surface area contributed by atoms with Gasteiger partial charge in [0.1, 0.15) is 23.1 Å². The van der Waals surface area contributed by atoms with Crippen LogP contribution in [0.2, 0.25) is 0 Å². The molecule has 1 saturated heterocycles. The van der Waals surface area contributed by atoms with Crippen molar-refractivity contribution in [3.63, 3.8) is 0 Å². The van der Waals surface area contributed by atoms with Crippen molar-refractivity contribution in [1.29, 1.82) is 5.26 Å². The second-order valence-corrected chi connectivity index (χ2v) is 9.86. The van der Waals surface area contributed by atoms with Crippen molar-refractivity contribution in [3.8, 4) is 6.07 Å². The van der Waals surface area contributed by atoms with Gasteiger partial charge in [-0.15, -0.1) is 0 Å². The third-order valence-corrected chi connectivity index (χ3v) is 7.30. The number of piperazine rings is 1. The maximum atomic E-state index is 14.3. The first-order valence-electron chi connectivity index (χ1n) is 12.5. The van der Waals surface area contributed by atoms with Gasteiger partial charge in [0.25, 0.3) is 5.56 Å². The van der Waals surface area contributed by atoms with Gasteiger partial charge in [0.2, 0.25) is 0 Å². The first kappa shape index (κ1) is 25.5. The lowest BCUT2D eigenvalue weighted by Gasteiger charge is -2.48. The van der Waals surface area contributed by atoms with Crippen LogP contribution in [0.15, 0.2) is 65.6 Å². The molecule has 0 aliphatic carbocycles. The predicted octanol–water partition coefficient (Wildman–Crippen LogP) is 3.31. The van der Waals surface area contributed by atoms with E-state index in [2.05, 4.69) is 25.8 Å². The van der Waals surface area contributed by atoms with Crippen molar-refractivity contribution in [3.05, 3.63) is 99.5 Å². The molecule has 0 bridgehead atoms. The van der Waals surface area contributed by atoms with E-state index in [0.29, 0.717) is 29.8 Å². The number of nitriles is 1. The highest BCUT2D eigenvalue weighted by molar-refractivity contribution is 5.89. The van der Waals surface area contributed by atoms with Crippen LogP contribution in [0.3, 0.4) is 0 Å². The van der Waals surface area contributed by atoms with Crippen LogP contribution >= 0.6 is 0 Å². The summed E-state index contributed by atoms with van der Waals surface area (Å²) in [7, 11) is 1.68. The molecule has 0 saturated carbocycles. The summed E-state index contributed by atoms with van der Waals surface area (Å²) < 4.78 is 15.9. The first-order valence-corrected chi connectivity index (χ1v) is 12.5. The minimum atomic E-state index is -0.378. The molecule has 9 heteroatoms. The molecule has 0 radical (unpaired) electrons. The summed E-state index contributed by atoms with van der Waals surface area (Å²) in [6, 6.07) is 16.5. The van der Waals surface area contributed by atoms with Crippen LogP contribution in [-0.2, 0) is 7.05 Å². The summed E-state index contributed by atoms with van der Waals surface area (Å²) in [5, 5.41) is 20.0. The number of hydrogen-bond donors (Lipinski definition) is 1. The van der Waals surface area contributed by atoms with Crippen molar-refractivity contribution in [1.82, 2.24) is 19.4 Å². The standard InChI is InChI=1S/C29H29FN6O2/c1-18-7-9-24(32-14-18)29(20-5-4-6-21(30)11-20)36-15-19(2)35(16-23(36)17-37)26-12-27(38)34(3)25-10-8-22(13-31)33-28(25)26/h4-12,14,19,23,29,37H,15-17H2,1-3H3/t19-,23-,29?/m0/s1. The van der Waals surface area contributed by atoms with Crippen LogP contribution < -0.4 is 10.5 Å². The molecular weight excluding hydrogens is 483 g/mol. The van der Waals surface area contributed by atoms with Crippen LogP contribution in [0.5, 0.6) is 0 Å². The van der Waals surface area contributed by atoms with E-state index in [1.807, 2.05) is 32.0 Å². The molecule has 0 amide bonds. The van der Waals surface area contributed by atoms with Gasteiger partial charge in [-0.3, -0.25) is 14.7 Å². The summed E-state index contributed by atoms with van der Waals surface area (Å²) in [5.41, 5.74) is 4.43. The summed E-state index contributed by atoms with van der Waals surface area (Å²) in [4.78, 5) is 26.3. The second kappa shape index (κ2) is 10.3. The number of nitrogens with zero attached hydrogens (tertiary/aromatic N) is 6. The minimum absolute atomic E-state index is 0.0952. The van der Waals surface area contributed by atoms with E-state index >= 15 is 0 Å². The number of benzene rings is 1. The summed E-state index contributed by atoms with van der Waals surface area (Å²) in [5.74, 6) is -0.335. The molecule has 38 heavy (non-hydrogen) atoms. The molecule has 1 aliphatic heterocycles. The number of rotatable bonds is 5. The van der Waals surface area contributed by atoms with Gasteiger partial charge in [0.05, 0.1) is 35.6 Å². The molecule has 1 fully saturated rings. The Kier molecular flexibility index (Phi) is 6.93. The van der Waals surface area contributed by atoms with Gasteiger partial charge in [0, 0.05) is 38.4 Å². The van der Waals surface area contributed by atoms with E-state index in [0.717, 1.165) is 16.8 Å². The van der Waals surface area contributed by atoms with Gasteiger partial charge in [-0.25, -0.2) is 9.37 Å². The number of anilines is 1. The van der Waals surface area contributed by atoms with Crippen LogP contribution in [0, 0.1) is 24.1 Å². The normalized spacial score (nSPS) is 18.9. The summed E-state index contributed by atoms with van der Waals surface area (Å²) in [6.07, 6.45) is 1.79. The highest BCUT2D eigenvalue weighted by Gasteiger charge is 2.38. The molecule has 1 aromatic carbocycles. The maximum Gasteiger partial charge on any atom is 0.252 e. The zero-order valence-corrected chi connectivity index (χ0v) is 21.5. The van der Waals surface area contributed by atoms with Gasteiger partial charge in [-0.2, -0.15) is 5.26 Å². The number of aliphatic hydroxyl groups excluding tert-OH is 1. The fourth-order valence-corrected chi connectivity index (χ4v) is 5.32. The van der Waals surface area contributed by atoms with Gasteiger partial charge in [-0.05, 0) is 55.3 Å². The fourth-order valence-electron chi connectivity index (χ4n) is 5.32. The lowest BCUT2D eigenvalue weighted by atomic mass is 9.95. The zero-order valence-electron chi connectivity index (χ0n) is 21.5. The Labute approximate surface area is 220 Å². The Bertz CT molecular complexity index is 1580. The number of pyridine rings is 3. The lowest BCUT2D eigenvalue weighted by molar-refractivity contribution is 0.0713. The quantitative estimate of drug-likeness (QED) is 0.438. The maximum absolute atomic E-state index is 14.3. The molecule has 1 unspecified atom stereocenters. The van der Waals surface area contributed by atoms with E-state index in [1.165, 1.54) is 16.7 Å². The third kappa shape index (κ3) is 4.64. The van der Waals surface area contributed by atoms with Gasteiger partial charge in [0.15, 0.2) is 0 Å². The number of halogens is 1. The molecule has 4 aromatic rings. The van der Waals surface area contributed by atoms with Gasteiger partial charge < -0.3 is 14.6 Å². The van der Waals surface area contributed by atoms with E-state index in [-0.39, 0.29) is 41.8 Å². The van der Waals surface area contributed by atoms with Crippen molar-refractivity contribution in [2.24, 2.45) is 7.05 Å². The number of aliphatic hydroxyl groups is 1. The van der Waals surface area contributed by atoms with E-state index < -0.39 is 0 Å². The predicted molar refractivity (Wildman–Crippen MR) is 143 cm³/mol. The SMILES string of the molecule is Cc1ccc(C(c2cccc(F)c2)N2C[C@H](C)N(c3cc(=O)n(C)c4ccc(C#N)nc34)C[C@H]2CO)nc1. The summed E-state index contributed by atoms with van der Waals surface area (Å²) in [6.45, 7) is 4.77. The zero-order chi connectivity index (χ0) is 27.0. The van der Waals surface area contributed by atoms with E-state index in [4.69, 9.17) is 0 Å². The fraction of sp³-hybridized carbons (Fsp3) is 0.310. The summed E-state index contributed by atoms with van der Waals surface area (Å²) >= 11 is 0. The topological polar surface area (TPSA) is 98.3 Å². The highest BCUT2D eigenvalue weighted by Crippen LogP contribution is 2.35. The Hall–Kier alpha value is -4.13. The monoisotopic (exact) mass is 512 g/mol. The van der Waals surface area contributed by atoms with Crippen molar-refractivity contribution in [2.45, 2.75) is 32.0 Å². The van der Waals surface area contributed by atoms with Crippen LogP contribution in [0.4, 0.5) is 10.1 Å². The molecule has 3 atom stereocenters. The number of aromatic nitrogens is 3.